The van der Waals surface area contributed by atoms with Crippen LogP contribution in [0.25, 0.3) is 0 Å². The van der Waals surface area contributed by atoms with Gasteiger partial charge in [-0.25, -0.2) is 0 Å². The van der Waals surface area contributed by atoms with Crippen LogP contribution in [0.2, 0.25) is 0 Å². The predicted molar refractivity (Wildman–Crippen MR) is 55.5 cm³/mol. The molecule has 2 nitrogen and oxygen atoms in total. The Morgan fingerprint density at radius 1 is 1.25 bits per heavy atom. The number of thiol groups is 1. The first-order chi connectivity index (χ1) is 5.13. The van der Waals surface area contributed by atoms with Crippen LogP contribution in [0.4, 0.5) is 0 Å². The van der Waals surface area contributed by atoms with Crippen LogP contribution >= 0.6 is 12.6 Å². The fourth-order valence-corrected chi connectivity index (χ4v) is 0.641. The monoisotopic (exact) mass is 189 g/mol. The van der Waals surface area contributed by atoms with Gasteiger partial charge < -0.3 is 5.32 Å². The summed E-state index contributed by atoms with van der Waals surface area (Å²) in [6, 6.07) is 0. The van der Waals surface area contributed by atoms with Gasteiger partial charge >= 0.3 is 0 Å². The first-order valence-electron chi connectivity index (χ1n) is 4.13. The Balaban J connectivity index is 3.90. The van der Waals surface area contributed by atoms with Gasteiger partial charge in [0.1, 0.15) is 0 Å². The van der Waals surface area contributed by atoms with Gasteiger partial charge in [0.2, 0.25) is 5.91 Å². The summed E-state index contributed by atoms with van der Waals surface area (Å²) in [5, 5.41) is 2.85. The molecule has 0 aromatic rings. The summed E-state index contributed by atoms with van der Waals surface area (Å²) in [5.74, 6) is -0.0132. The lowest BCUT2D eigenvalue weighted by Gasteiger charge is -2.22. The molecule has 12 heavy (non-hydrogen) atoms. The third-order valence-electron chi connectivity index (χ3n) is 1.33. The fraction of sp³-hybridized carbons (Fsp3) is 0.889. The molecule has 0 fully saturated rings. The summed E-state index contributed by atoms with van der Waals surface area (Å²) in [5.41, 5.74) is 0.134. The smallest absolute Gasteiger partial charge is 0.235 e. The van der Waals surface area contributed by atoms with Gasteiger partial charge in [-0.05, 0) is 19.3 Å². The van der Waals surface area contributed by atoms with E-state index in [-0.39, 0.29) is 11.3 Å². The zero-order valence-electron chi connectivity index (χ0n) is 8.56. The van der Waals surface area contributed by atoms with E-state index in [9.17, 15) is 4.79 Å². The molecule has 0 heterocycles. The molecule has 0 saturated carbocycles. The van der Waals surface area contributed by atoms with Crippen molar-refractivity contribution in [2.45, 2.75) is 39.4 Å². The Hall–Kier alpha value is -0.180. The predicted octanol–water partition coefficient (Wildman–Crippen LogP) is 1.86. The Labute approximate surface area is 80.5 Å². The molecule has 0 spiro atoms. The van der Waals surface area contributed by atoms with Crippen LogP contribution in [-0.4, -0.2) is 17.2 Å². The van der Waals surface area contributed by atoms with Crippen molar-refractivity contribution in [1.82, 2.24) is 5.32 Å². The molecule has 72 valence electrons. The van der Waals surface area contributed by atoms with E-state index in [2.05, 4.69) is 38.7 Å². The fourth-order valence-electron chi connectivity index (χ4n) is 0.562. The van der Waals surface area contributed by atoms with Crippen LogP contribution < -0.4 is 5.32 Å². The largest absolute Gasteiger partial charge is 0.354 e. The molecule has 0 saturated heterocycles. The zero-order valence-corrected chi connectivity index (χ0v) is 9.46. The molecule has 3 heteroatoms. The lowest BCUT2D eigenvalue weighted by atomic mass is 9.97. The Bertz CT molecular complexity index is 164. The second-order valence-electron chi connectivity index (χ2n) is 4.80. The maximum atomic E-state index is 11.3. The number of carbonyl (C=O) groups is 1. The second kappa shape index (κ2) is 3.69. The third-order valence-corrected chi connectivity index (χ3v) is 1.54. The summed E-state index contributed by atoms with van der Waals surface area (Å²) in [7, 11) is 0. The van der Waals surface area contributed by atoms with Gasteiger partial charge in [-0.3, -0.25) is 4.79 Å². The number of hydrogen-bond donors (Lipinski definition) is 2. The average molecular weight is 189 g/mol. The molecule has 1 amide bonds. The minimum atomic E-state index is -0.578. The van der Waals surface area contributed by atoms with Gasteiger partial charge in [0.25, 0.3) is 0 Å². The molecule has 0 aromatic carbocycles. The normalized spacial score (nSPS) is 12.8. The Morgan fingerprint density at radius 2 is 1.67 bits per heavy atom. The summed E-state index contributed by atoms with van der Waals surface area (Å²) in [4.78, 5) is 11.3. The zero-order chi connectivity index (χ0) is 9.99. The van der Waals surface area contributed by atoms with Crippen molar-refractivity contribution < 1.29 is 4.79 Å². The molecule has 0 aliphatic carbocycles. The average Bonchev–Trinajstić information content (AvgIpc) is 1.78. The van der Waals surface area contributed by atoms with Gasteiger partial charge in [-0.1, -0.05) is 20.8 Å². The van der Waals surface area contributed by atoms with E-state index in [0.717, 1.165) is 0 Å². The van der Waals surface area contributed by atoms with Crippen LogP contribution in [0.5, 0.6) is 0 Å². The molecular formula is C9H19NOS. The van der Waals surface area contributed by atoms with Crippen LogP contribution in [0.1, 0.15) is 34.6 Å². The number of hydrogen-bond acceptors (Lipinski definition) is 2. The lowest BCUT2D eigenvalue weighted by Crippen LogP contribution is -2.41. The van der Waals surface area contributed by atoms with Crippen molar-refractivity contribution in [3.63, 3.8) is 0 Å². The van der Waals surface area contributed by atoms with Gasteiger partial charge in [0, 0.05) is 6.54 Å². The molecule has 0 aliphatic heterocycles. The highest BCUT2D eigenvalue weighted by molar-refractivity contribution is 7.82. The quantitative estimate of drug-likeness (QED) is 0.638. The van der Waals surface area contributed by atoms with E-state index in [1.54, 1.807) is 13.8 Å². The molecule has 0 bridgehead atoms. The molecule has 1 N–H and O–H groups in total. The maximum Gasteiger partial charge on any atom is 0.235 e. The molecule has 0 atom stereocenters. The highest BCUT2D eigenvalue weighted by Gasteiger charge is 2.23. The van der Waals surface area contributed by atoms with Crippen LogP contribution in [-0.2, 0) is 4.79 Å². The molecule has 0 radical (unpaired) electrons. The molecule has 0 aliphatic rings. The van der Waals surface area contributed by atoms with E-state index in [0.29, 0.717) is 6.54 Å². The number of carbonyl (C=O) groups excluding carboxylic acids is 1. The van der Waals surface area contributed by atoms with E-state index in [4.69, 9.17) is 0 Å². The minimum Gasteiger partial charge on any atom is -0.354 e. The third kappa shape index (κ3) is 5.47. The number of amides is 1. The Kier molecular flexibility index (Phi) is 3.63. The van der Waals surface area contributed by atoms with Crippen LogP contribution in [0.15, 0.2) is 0 Å². The van der Waals surface area contributed by atoms with Gasteiger partial charge in [-0.15, -0.1) is 0 Å². The van der Waals surface area contributed by atoms with E-state index >= 15 is 0 Å². The van der Waals surface area contributed by atoms with Crippen LogP contribution in [0.3, 0.4) is 0 Å². The molecule has 0 aromatic heterocycles. The van der Waals surface area contributed by atoms with E-state index in [1.807, 2.05) is 0 Å². The van der Waals surface area contributed by atoms with Gasteiger partial charge in [-0.2, -0.15) is 12.6 Å². The summed E-state index contributed by atoms with van der Waals surface area (Å²) >= 11 is 4.17. The SMILES string of the molecule is CC(C)(C)CNC(=O)C(C)(C)S. The van der Waals surface area contributed by atoms with E-state index in [1.165, 1.54) is 0 Å². The van der Waals surface area contributed by atoms with Crippen molar-refractivity contribution in [2.24, 2.45) is 5.41 Å². The molecule has 0 rings (SSSR count). The van der Waals surface area contributed by atoms with Crippen molar-refractivity contribution in [3.8, 4) is 0 Å². The van der Waals surface area contributed by atoms with Crippen LogP contribution in [0, 0.1) is 5.41 Å². The second-order valence-corrected chi connectivity index (χ2v) is 5.92. The van der Waals surface area contributed by atoms with Gasteiger partial charge in [0.15, 0.2) is 0 Å². The molecular weight excluding hydrogens is 170 g/mol. The summed E-state index contributed by atoms with van der Waals surface area (Å²) in [6.45, 7) is 10.5. The van der Waals surface area contributed by atoms with Gasteiger partial charge in [0.05, 0.1) is 4.75 Å². The maximum absolute atomic E-state index is 11.3. The van der Waals surface area contributed by atoms with Crippen molar-refractivity contribution in [3.05, 3.63) is 0 Å². The first-order valence-corrected chi connectivity index (χ1v) is 4.58. The summed E-state index contributed by atoms with van der Waals surface area (Å²) in [6.07, 6.45) is 0. The minimum absolute atomic E-state index is 0.0132. The number of rotatable bonds is 2. The standard InChI is InChI=1S/C9H19NOS/c1-8(2,3)6-10-7(11)9(4,5)12/h12H,6H2,1-5H3,(H,10,11). The highest BCUT2D eigenvalue weighted by atomic mass is 32.1. The van der Waals surface area contributed by atoms with Crippen molar-refractivity contribution >= 4 is 18.5 Å². The summed E-state index contributed by atoms with van der Waals surface area (Å²) < 4.78 is -0.578. The van der Waals surface area contributed by atoms with Crippen molar-refractivity contribution in [1.29, 1.82) is 0 Å². The highest BCUT2D eigenvalue weighted by Crippen LogP contribution is 2.14. The van der Waals surface area contributed by atoms with Crippen molar-refractivity contribution in [2.75, 3.05) is 6.54 Å². The van der Waals surface area contributed by atoms with E-state index < -0.39 is 4.75 Å². The number of nitrogens with one attached hydrogen (secondary N) is 1. The lowest BCUT2D eigenvalue weighted by molar-refractivity contribution is -0.123. The topological polar surface area (TPSA) is 29.1 Å². The molecule has 0 unspecified atom stereocenters. The first kappa shape index (κ1) is 11.8. The Morgan fingerprint density at radius 3 is 1.92 bits per heavy atom.